The molecule has 13 heavy (non-hydrogen) atoms. The van der Waals surface area contributed by atoms with Crippen LogP contribution < -0.4 is 0 Å². The van der Waals surface area contributed by atoms with E-state index in [1.54, 1.807) is 13.0 Å². The Labute approximate surface area is 81.5 Å². The van der Waals surface area contributed by atoms with E-state index in [0.29, 0.717) is 0 Å². The Bertz CT molecular complexity index is 226. The molecule has 0 N–H and O–H groups in total. The van der Waals surface area contributed by atoms with Crippen molar-refractivity contribution < 1.29 is 4.79 Å². The van der Waals surface area contributed by atoms with Crippen LogP contribution in [-0.2, 0) is 4.79 Å². The van der Waals surface area contributed by atoms with E-state index in [9.17, 15) is 4.79 Å². The molecule has 0 heterocycles. The Morgan fingerprint density at radius 2 is 1.77 bits per heavy atom. The quantitative estimate of drug-likeness (QED) is 0.480. The van der Waals surface area contributed by atoms with Crippen LogP contribution in [0.3, 0.4) is 0 Å². The molecule has 0 bridgehead atoms. The van der Waals surface area contributed by atoms with Crippen LogP contribution in [0.2, 0.25) is 0 Å². The van der Waals surface area contributed by atoms with E-state index in [-0.39, 0.29) is 11.2 Å². The molecule has 0 aromatic heterocycles. The second-order valence-corrected chi connectivity index (χ2v) is 4.26. The molecular formula is C12H20O. The third kappa shape index (κ3) is 5.40. The van der Waals surface area contributed by atoms with Gasteiger partial charge in [-0.15, -0.1) is 0 Å². The monoisotopic (exact) mass is 180 g/mol. The minimum absolute atomic E-state index is 0.103. The maximum Gasteiger partial charge on any atom is 0.152 e. The zero-order valence-corrected chi connectivity index (χ0v) is 9.35. The lowest BCUT2D eigenvalue weighted by Crippen LogP contribution is -2.07. The van der Waals surface area contributed by atoms with Gasteiger partial charge in [-0.1, -0.05) is 39.8 Å². The molecule has 0 saturated carbocycles. The van der Waals surface area contributed by atoms with Crippen molar-refractivity contribution in [2.45, 2.75) is 41.0 Å². The molecule has 1 heteroatoms. The summed E-state index contributed by atoms with van der Waals surface area (Å²) in [7, 11) is 0. The summed E-state index contributed by atoms with van der Waals surface area (Å²) in [5.41, 5.74) is 1.35. The Morgan fingerprint density at radius 1 is 1.23 bits per heavy atom. The number of rotatable bonds is 3. The van der Waals surface area contributed by atoms with E-state index in [4.69, 9.17) is 0 Å². The van der Waals surface area contributed by atoms with Gasteiger partial charge in [0, 0.05) is 0 Å². The van der Waals surface area contributed by atoms with Crippen molar-refractivity contribution in [1.29, 1.82) is 0 Å². The lowest BCUT2D eigenvalue weighted by atomic mass is 9.85. The van der Waals surface area contributed by atoms with E-state index >= 15 is 0 Å². The van der Waals surface area contributed by atoms with Crippen molar-refractivity contribution in [3.05, 3.63) is 23.8 Å². The second kappa shape index (κ2) is 5.00. The second-order valence-electron chi connectivity index (χ2n) is 4.26. The van der Waals surface area contributed by atoms with Crippen molar-refractivity contribution in [3.8, 4) is 0 Å². The highest BCUT2D eigenvalue weighted by Crippen LogP contribution is 2.26. The fourth-order valence-electron chi connectivity index (χ4n) is 1.05. The highest BCUT2D eigenvalue weighted by molar-refractivity contribution is 5.87. The highest BCUT2D eigenvalue weighted by atomic mass is 16.1. The highest BCUT2D eigenvalue weighted by Gasteiger charge is 2.13. The third-order valence-electron chi connectivity index (χ3n) is 1.79. The van der Waals surface area contributed by atoms with Crippen molar-refractivity contribution in [2.75, 3.05) is 0 Å². The molecule has 0 aliphatic heterocycles. The Kier molecular flexibility index (Phi) is 4.68. The minimum atomic E-state index is 0.103. The minimum Gasteiger partial charge on any atom is -0.295 e. The SMILES string of the molecule is CC/C=C(/C=C/C(C)=O)C(C)(C)C. The predicted octanol–water partition coefficient (Wildman–Crippen LogP) is 3.51. The summed E-state index contributed by atoms with van der Waals surface area (Å²) in [5, 5.41) is 0. The fraction of sp³-hybridized carbons (Fsp3) is 0.583. The molecule has 0 aromatic rings. The van der Waals surface area contributed by atoms with E-state index in [1.165, 1.54) is 5.57 Å². The van der Waals surface area contributed by atoms with Gasteiger partial charge in [-0.3, -0.25) is 4.79 Å². The molecule has 0 atom stereocenters. The molecule has 0 rings (SSSR count). The van der Waals surface area contributed by atoms with Crippen LogP contribution >= 0.6 is 0 Å². The van der Waals surface area contributed by atoms with Gasteiger partial charge >= 0.3 is 0 Å². The lowest BCUT2D eigenvalue weighted by Gasteiger charge is -2.20. The van der Waals surface area contributed by atoms with Gasteiger partial charge in [0.2, 0.25) is 0 Å². The van der Waals surface area contributed by atoms with Crippen LogP contribution in [0.4, 0.5) is 0 Å². The zero-order valence-electron chi connectivity index (χ0n) is 9.35. The lowest BCUT2D eigenvalue weighted by molar-refractivity contribution is -0.112. The number of allylic oxidation sites excluding steroid dienone is 4. The van der Waals surface area contributed by atoms with Crippen LogP contribution in [0.5, 0.6) is 0 Å². The van der Waals surface area contributed by atoms with Gasteiger partial charge in [0.25, 0.3) is 0 Å². The maximum absolute atomic E-state index is 10.8. The van der Waals surface area contributed by atoms with Crippen molar-refractivity contribution >= 4 is 5.78 Å². The Morgan fingerprint density at radius 3 is 2.08 bits per heavy atom. The molecule has 0 radical (unpaired) electrons. The summed E-state index contributed by atoms with van der Waals surface area (Å²) in [5.74, 6) is 0.103. The summed E-state index contributed by atoms with van der Waals surface area (Å²) < 4.78 is 0. The van der Waals surface area contributed by atoms with Crippen LogP contribution in [0.25, 0.3) is 0 Å². The largest absolute Gasteiger partial charge is 0.295 e. The van der Waals surface area contributed by atoms with E-state index in [2.05, 4.69) is 33.8 Å². The van der Waals surface area contributed by atoms with Gasteiger partial charge in [-0.2, -0.15) is 0 Å². The smallest absolute Gasteiger partial charge is 0.152 e. The van der Waals surface area contributed by atoms with Crippen molar-refractivity contribution in [3.63, 3.8) is 0 Å². The summed E-state index contributed by atoms with van der Waals surface area (Å²) in [6, 6.07) is 0. The number of hydrogen-bond acceptors (Lipinski definition) is 1. The van der Waals surface area contributed by atoms with E-state index in [1.807, 2.05) is 6.08 Å². The molecule has 0 aliphatic carbocycles. The first kappa shape index (κ1) is 12.2. The van der Waals surface area contributed by atoms with Gasteiger partial charge in [0.1, 0.15) is 0 Å². The number of carbonyl (C=O) groups is 1. The normalized spacial score (nSPS) is 13.8. The van der Waals surface area contributed by atoms with Gasteiger partial charge in [0.05, 0.1) is 0 Å². The van der Waals surface area contributed by atoms with Crippen LogP contribution in [0.1, 0.15) is 41.0 Å². The molecule has 0 spiro atoms. The summed E-state index contributed by atoms with van der Waals surface area (Å²) >= 11 is 0. The molecule has 0 saturated heterocycles. The number of carbonyl (C=O) groups excluding carboxylic acids is 1. The van der Waals surface area contributed by atoms with Gasteiger partial charge in [0.15, 0.2) is 5.78 Å². The Balaban J connectivity index is 4.65. The van der Waals surface area contributed by atoms with Crippen LogP contribution in [0, 0.1) is 5.41 Å². The summed E-state index contributed by atoms with van der Waals surface area (Å²) in [4.78, 5) is 10.8. The molecule has 0 aromatic carbocycles. The van der Waals surface area contributed by atoms with Gasteiger partial charge in [-0.25, -0.2) is 0 Å². The van der Waals surface area contributed by atoms with Crippen molar-refractivity contribution in [1.82, 2.24) is 0 Å². The first-order valence-corrected chi connectivity index (χ1v) is 4.77. The summed E-state index contributed by atoms with van der Waals surface area (Å²) in [6.45, 7) is 10.1. The number of ketones is 1. The first-order valence-electron chi connectivity index (χ1n) is 4.77. The first-order chi connectivity index (χ1) is 5.88. The predicted molar refractivity (Wildman–Crippen MR) is 57.7 cm³/mol. The number of hydrogen-bond donors (Lipinski definition) is 0. The van der Waals surface area contributed by atoms with Crippen LogP contribution in [-0.4, -0.2) is 5.78 Å². The molecule has 74 valence electrons. The van der Waals surface area contributed by atoms with Gasteiger partial charge < -0.3 is 0 Å². The standard InChI is InChI=1S/C12H20O/c1-6-7-11(12(3,4)5)9-8-10(2)13/h7-9H,6H2,1-5H3/b9-8+,11-7-. The summed E-state index contributed by atoms with van der Waals surface area (Å²) in [6.07, 6.45) is 6.73. The average molecular weight is 180 g/mol. The third-order valence-corrected chi connectivity index (χ3v) is 1.79. The Hall–Kier alpha value is -0.850. The van der Waals surface area contributed by atoms with Crippen LogP contribution in [0.15, 0.2) is 23.8 Å². The van der Waals surface area contributed by atoms with E-state index in [0.717, 1.165) is 6.42 Å². The van der Waals surface area contributed by atoms with Crippen molar-refractivity contribution in [2.24, 2.45) is 5.41 Å². The van der Waals surface area contributed by atoms with E-state index < -0.39 is 0 Å². The molecule has 0 aliphatic rings. The fourth-order valence-corrected chi connectivity index (χ4v) is 1.05. The topological polar surface area (TPSA) is 17.1 Å². The molecule has 0 fully saturated rings. The maximum atomic E-state index is 10.8. The average Bonchev–Trinajstić information content (AvgIpc) is 1.95. The van der Waals surface area contributed by atoms with Gasteiger partial charge in [-0.05, 0) is 30.4 Å². The molecule has 1 nitrogen and oxygen atoms in total. The molecular weight excluding hydrogens is 160 g/mol. The zero-order chi connectivity index (χ0) is 10.5. The molecule has 0 unspecified atom stereocenters. The molecule has 0 amide bonds.